The maximum absolute atomic E-state index is 11.7. The second kappa shape index (κ2) is 6.56. The fourth-order valence-electron chi connectivity index (χ4n) is 3.34. The van der Waals surface area contributed by atoms with Crippen LogP contribution in [0.2, 0.25) is 0 Å². The number of pyridine rings is 1. The van der Waals surface area contributed by atoms with Crippen molar-refractivity contribution >= 4 is 38.8 Å². The van der Waals surface area contributed by atoms with Gasteiger partial charge >= 0.3 is 0 Å². The first kappa shape index (κ1) is 18.4. The monoisotopic (exact) mass is 403 g/mol. The summed E-state index contributed by atoms with van der Waals surface area (Å²) in [6.07, 6.45) is 2.85. The first-order valence-corrected chi connectivity index (χ1v) is 10.5. The fourth-order valence-corrected chi connectivity index (χ4v) is 4.16. The molecule has 0 radical (unpaired) electrons. The van der Waals surface area contributed by atoms with Crippen molar-refractivity contribution in [1.29, 1.82) is 0 Å². The van der Waals surface area contributed by atoms with Crippen molar-refractivity contribution < 1.29 is 8.42 Å². The van der Waals surface area contributed by atoms with Crippen molar-refractivity contribution in [2.75, 3.05) is 48.8 Å². The second-order valence-electron chi connectivity index (χ2n) is 6.68. The lowest BCUT2D eigenvalue weighted by Crippen LogP contribution is -2.48. The van der Waals surface area contributed by atoms with Gasteiger partial charge in [0.2, 0.25) is 16.0 Å². The van der Waals surface area contributed by atoms with Crippen molar-refractivity contribution in [3.63, 3.8) is 0 Å². The van der Waals surface area contributed by atoms with Crippen molar-refractivity contribution in [3.8, 4) is 5.69 Å². The van der Waals surface area contributed by atoms with Gasteiger partial charge in [0.15, 0.2) is 17.0 Å². The Morgan fingerprint density at radius 2 is 1.75 bits per heavy atom. The molecule has 0 unspecified atom stereocenters. The van der Waals surface area contributed by atoms with Gasteiger partial charge in [-0.25, -0.2) is 18.4 Å². The van der Waals surface area contributed by atoms with Crippen LogP contribution in [-0.4, -0.2) is 69.7 Å². The van der Waals surface area contributed by atoms with E-state index in [1.807, 2.05) is 19.1 Å². The highest BCUT2D eigenvalue weighted by Gasteiger charge is 2.24. The molecule has 148 valence electrons. The van der Waals surface area contributed by atoms with Crippen LogP contribution < -0.4 is 16.4 Å². The highest BCUT2D eigenvalue weighted by atomic mass is 32.2. The third-order valence-corrected chi connectivity index (χ3v) is 6.08. The number of sulfonamides is 1. The van der Waals surface area contributed by atoms with E-state index in [0.29, 0.717) is 37.3 Å². The van der Waals surface area contributed by atoms with Crippen LogP contribution in [0.5, 0.6) is 0 Å². The molecule has 0 aromatic carbocycles. The Balaban J connectivity index is 1.63. The minimum absolute atomic E-state index is 0.0812. The summed E-state index contributed by atoms with van der Waals surface area (Å²) in [5.74, 6) is 1.11. The van der Waals surface area contributed by atoms with Gasteiger partial charge in [-0.1, -0.05) is 0 Å². The summed E-state index contributed by atoms with van der Waals surface area (Å²) in [7, 11) is -3.16. The van der Waals surface area contributed by atoms with E-state index in [0.717, 1.165) is 17.2 Å². The average molecular weight is 403 g/mol. The number of aromatic nitrogens is 5. The van der Waals surface area contributed by atoms with Gasteiger partial charge in [-0.3, -0.25) is 4.57 Å². The lowest BCUT2D eigenvalue weighted by atomic mass is 10.2. The van der Waals surface area contributed by atoms with Crippen LogP contribution in [0.3, 0.4) is 0 Å². The smallest absolute Gasteiger partial charge is 0.224 e. The van der Waals surface area contributed by atoms with Crippen LogP contribution >= 0.6 is 0 Å². The average Bonchev–Trinajstić information content (AvgIpc) is 3.05. The Labute approximate surface area is 162 Å². The summed E-state index contributed by atoms with van der Waals surface area (Å²) < 4.78 is 26.6. The minimum atomic E-state index is -3.16. The van der Waals surface area contributed by atoms with Crippen molar-refractivity contribution in [3.05, 3.63) is 24.2 Å². The number of anilines is 3. The number of nitrogens with zero attached hydrogens (tertiary/aromatic N) is 7. The lowest BCUT2D eigenvalue weighted by Gasteiger charge is -2.34. The van der Waals surface area contributed by atoms with Crippen molar-refractivity contribution in [1.82, 2.24) is 28.8 Å². The molecule has 3 aromatic rings. The van der Waals surface area contributed by atoms with Crippen LogP contribution in [0.25, 0.3) is 16.9 Å². The summed E-state index contributed by atoms with van der Waals surface area (Å²) in [5, 5.41) is 0. The zero-order chi connectivity index (χ0) is 20.1. The van der Waals surface area contributed by atoms with Gasteiger partial charge < -0.3 is 16.4 Å². The molecule has 28 heavy (non-hydrogen) atoms. The molecule has 0 saturated carbocycles. The lowest BCUT2D eigenvalue weighted by molar-refractivity contribution is 0.387. The topological polar surface area (TPSA) is 149 Å². The van der Waals surface area contributed by atoms with E-state index in [4.69, 9.17) is 16.5 Å². The van der Waals surface area contributed by atoms with Gasteiger partial charge in [-0.2, -0.15) is 14.3 Å². The first-order valence-electron chi connectivity index (χ1n) is 8.68. The number of piperazine rings is 1. The molecular weight excluding hydrogens is 382 g/mol. The van der Waals surface area contributed by atoms with E-state index in [2.05, 4.69) is 19.9 Å². The second-order valence-corrected chi connectivity index (χ2v) is 8.66. The number of hydrogen-bond acceptors (Lipinski definition) is 9. The molecule has 3 aromatic heterocycles. The number of nitrogens with two attached hydrogens (primary N) is 2. The van der Waals surface area contributed by atoms with E-state index in [1.165, 1.54) is 10.6 Å². The molecule has 0 aliphatic carbocycles. The van der Waals surface area contributed by atoms with Gasteiger partial charge in [0, 0.05) is 26.2 Å². The SMILES string of the molecule is Cc1nc(N2CCN(S(C)(=O)=O)CC2)ccc1-n1cnc2c(N)nc(N)nc21. The molecular formula is C16H21N9O2S. The molecule has 1 aliphatic heterocycles. The van der Waals surface area contributed by atoms with Gasteiger partial charge in [0.25, 0.3) is 0 Å². The molecule has 12 heteroatoms. The van der Waals surface area contributed by atoms with E-state index >= 15 is 0 Å². The molecule has 1 saturated heterocycles. The van der Waals surface area contributed by atoms with Crippen LogP contribution in [0.1, 0.15) is 5.69 Å². The van der Waals surface area contributed by atoms with Gasteiger partial charge in [0.05, 0.1) is 17.6 Å². The zero-order valence-electron chi connectivity index (χ0n) is 15.6. The van der Waals surface area contributed by atoms with Crippen LogP contribution in [0.15, 0.2) is 18.5 Å². The standard InChI is InChI=1S/C16H21N9O2S/c1-10-11(25-9-19-13-14(17)21-16(18)22-15(13)25)3-4-12(20-10)23-5-7-24(8-6-23)28(2,26)27/h3-4,9H,5-8H2,1-2H3,(H4,17,18,21,22). The van der Waals surface area contributed by atoms with Crippen LogP contribution in [0, 0.1) is 6.92 Å². The number of hydrogen-bond donors (Lipinski definition) is 2. The third-order valence-electron chi connectivity index (χ3n) is 4.77. The highest BCUT2D eigenvalue weighted by Crippen LogP contribution is 2.24. The van der Waals surface area contributed by atoms with Crippen molar-refractivity contribution in [2.24, 2.45) is 0 Å². The largest absolute Gasteiger partial charge is 0.382 e. The molecule has 11 nitrogen and oxygen atoms in total. The number of aryl methyl sites for hydroxylation is 1. The highest BCUT2D eigenvalue weighted by molar-refractivity contribution is 7.88. The predicted octanol–water partition coefficient (Wildman–Crippen LogP) is -0.235. The summed E-state index contributed by atoms with van der Waals surface area (Å²) >= 11 is 0. The predicted molar refractivity (Wildman–Crippen MR) is 107 cm³/mol. The van der Waals surface area contributed by atoms with Gasteiger partial charge in [-0.15, -0.1) is 0 Å². The Hall–Kier alpha value is -2.99. The van der Waals surface area contributed by atoms with Crippen molar-refractivity contribution in [2.45, 2.75) is 6.92 Å². The Morgan fingerprint density at radius 1 is 1.04 bits per heavy atom. The maximum Gasteiger partial charge on any atom is 0.224 e. The first-order chi connectivity index (χ1) is 13.2. The summed E-state index contributed by atoms with van der Waals surface area (Å²) in [5.41, 5.74) is 14.2. The molecule has 0 amide bonds. The van der Waals surface area contributed by atoms with E-state index in [-0.39, 0.29) is 11.8 Å². The summed E-state index contributed by atoms with van der Waals surface area (Å²) in [4.78, 5) is 19.2. The number of rotatable bonds is 3. The van der Waals surface area contributed by atoms with E-state index in [9.17, 15) is 8.42 Å². The van der Waals surface area contributed by atoms with E-state index in [1.54, 1.807) is 10.9 Å². The molecule has 0 bridgehead atoms. The molecule has 0 spiro atoms. The van der Waals surface area contributed by atoms with Gasteiger partial charge in [0.1, 0.15) is 12.1 Å². The van der Waals surface area contributed by atoms with Crippen LogP contribution in [-0.2, 0) is 10.0 Å². The third kappa shape index (κ3) is 3.20. The quantitative estimate of drug-likeness (QED) is 0.604. The number of nitrogen functional groups attached to an aromatic ring is 2. The number of imidazole rings is 1. The summed E-state index contributed by atoms with van der Waals surface area (Å²) in [6.45, 7) is 3.97. The molecule has 1 aliphatic rings. The number of fused-ring (bicyclic) bond motifs is 1. The minimum Gasteiger partial charge on any atom is -0.382 e. The molecule has 0 atom stereocenters. The van der Waals surface area contributed by atoms with Crippen LogP contribution in [0.4, 0.5) is 17.6 Å². The zero-order valence-corrected chi connectivity index (χ0v) is 16.4. The van der Waals surface area contributed by atoms with Gasteiger partial charge in [-0.05, 0) is 19.1 Å². The molecule has 4 heterocycles. The fraction of sp³-hybridized carbons (Fsp3) is 0.375. The Bertz CT molecular complexity index is 1150. The molecule has 4 N–H and O–H groups in total. The molecule has 4 rings (SSSR count). The normalized spacial score (nSPS) is 16.0. The Morgan fingerprint density at radius 3 is 2.39 bits per heavy atom. The van der Waals surface area contributed by atoms with E-state index < -0.39 is 10.0 Å². The molecule has 1 fully saturated rings. The maximum atomic E-state index is 11.7. The summed E-state index contributed by atoms with van der Waals surface area (Å²) in [6, 6.07) is 3.83. The Kier molecular flexibility index (Phi) is 4.31.